The number of sulfonamides is 1. The first-order valence-electron chi connectivity index (χ1n) is 7.49. The Morgan fingerprint density at radius 1 is 1.24 bits per heavy atom. The van der Waals surface area contributed by atoms with Crippen LogP contribution in [0.1, 0.15) is 11.6 Å². The fraction of sp³-hybridized carbons (Fsp3) is 0.294. The summed E-state index contributed by atoms with van der Waals surface area (Å²) in [6.07, 6.45) is 0. The highest BCUT2D eigenvalue weighted by Crippen LogP contribution is 2.27. The van der Waals surface area contributed by atoms with Crippen molar-refractivity contribution < 1.29 is 17.5 Å². The number of rotatable bonds is 7. The first kappa shape index (κ1) is 19.7. The van der Waals surface area contributed by atoms with Gasteiger partial charge in [-0.1, -0.05) is 23.7 Å². The molecule has 0 heterocycles. The van der Waals surface area contributed by atoms with Crippen molar-refractivity contribution in [1.29, 1.82) is 0 Å². The molecule has 1 N–H and O–H groups in total. The quantitative estimate of drug-likeness (QED) is 0.794. The number of hydrogen-bond donors (Lipinski definition) is 1. The number of halogens is 2. The molecule has 1 unspecified atom stereocenters. The van der Waals surface area contributed by atoms with E-state index in [9.17, 15) is 12.8 Å². The minimum Gasteiger partial charge on any atom is -0.495 e. The van der Waals surface area contributed by atoms with Gasteiger partial charge in [-0.3, -0.25) is 0 Å². The lowest BCUT2D eigenvalue weighted by Gasteiger charge is -2.25. The number of nitrogens with one attached hydrogen (secondary N) is 1. The van der Waals surface area contributed by atoms with E-state index in [2.05, 4.69) is 4.72 Å². The summed E-state index contributed by atoms with van der Waals surface area (Å²) in [5.41, 5.74) is 0.681. The maximum Gasteiger partial charge on any atom is 0.240 e. The standard InChI is InChI=1S/C17H20ClFN2O3S/c1-21(2)16(12-5-4-6-13(19)9-12)11-20-25(22,23)14-7-8-17(24-3)15(18)10-14/h4-10,16,20H,11H2,1-3H3. The molecule has 136 valence electrons. The van der Waals surface area contributed by atoms with Gasteiger partial charge in [0, 0.05) is 12.6 Å². The fourth-order valence-electron chi connectivity index (χ4n) is 2.40. The van der Waals surface area contributed by atoms with E-state index in [1.165, 1.54) is 37.4 Å². The molecule has 2 rings (SSSR count). The second-order valence-corrected chi connectivity index (χ2v) is 7.86. The fourth-order valence-corrected chi connectivity index (χ4v) is 3.79. The second kappa shape index (κ2) is 8.14. The Kier molecular flexibility index (Phi) is 6.40. The minimum absolute atomic E-state index is 0.0371. The van der Waals surface area contributed by atoms with Gasteiger partial charge in [-0.15, -0.1) is 0 Å². The van der Waals surface area contributed by atoms with Crippen molar-refractivity contribution in [2.75, 3.05) is 27.7 Å². The van der Waals surface area contributed by atoms with Crippen LogP contribution in [-0.2, 0) is 10.0 Å². The summed E-state index contributed by atoms with van der Waals surface area (Å²) in [7, 11) is 1.29. The van der Waals surface area contributed by atoms with E-state index in [4.69, 9.17) is 16.3 Å². The monoisotopic (exact) mass is 386 g/mol. The average Bonchev–Trinajstić information content (AvgIpc) is 2.54. The van der Waals surface area contributed by atoms with Gasteiger partial charge in [-0.25, -0.2) is 17.5 Å². The molecule has 0 amide bonds. The van der Waals surface area contributed by atoms with Crippen molar-refractivity contribution in [2.45, 2.75) is 10.9 Å². The van der Waals surface area contributed by atoms with Gasteiger partial charge in [0.1, 0.15) is 11.6 Å². The van der Waals surface area contributed by atoms with Crippen molar-refractivity contribution in [2.24, 2.45) is 0 Å². The third-order valence-corrected chi connectivity index (χ3v) is 5.47. The highest BCUT2D eigenvalue weighted by molar-refractivity contribution is 7.89. The molecule has 0 saturated carbocycles. The first-order valence-corrected chi connectivity index (χ1v) is 9.36. The van der Waals surface area contributed by atoms with Crippen LogP contribution in [-0.4, -0.2) is 41.1 Å². The molecule has 0 aliphatic carbocycles. The van der Waals surface area contributed by atoms with Gasteiger partial charge in [0.2, 0.25) is 10.0 Å². The summed E-state index contributed by atoms with van der Waals surface area (Å²) in [5, 5.41) is 0.208. The normalized spacial score (nSPS) is 13.0. The number of nitrogens with zero attached hydrogens (tertiary/aromatic N) is 1. The summed E-state index contributed by atoms with van der Waals surface area (Å²) >= 11 is 5.99. The lowest BCUT2D eigenvalue weighted by atomic mass is 10.1. The van der Waals surface area contributed by atoms with Gasteiger partial charge < -0.3 is 9.64 Å². The topological polar surface area (TPSA) is 58.6 Å². The van der Waals surface area contributed by atoms with E-state index >= 15 is 0 Å². The van der Waals surface area contributed by atoms with Crippen molar-refractivity contribution in [3.05, 3.63) is 58.9 Å². The largest absolute Gasteiger partial charge is 0.495 e. The molecule has 0 bridgehead atoms. The highest BCUT2D eigenvalue weighted by atomic mass is 35.5. The van der Waals surface area contributed by atoms with Crippen LogP contribution >= 0.6 is 11.6 Å². The Balaban J connectivity index is 2.20. The molecule has 0 fully saturated rings. The summed E-state index contributed by atoms with van der Waals surface area (Å²) in [6, 6.07) is 10.0. The Morgan fingerprint density at radius 3 is 2.52 bits per heavy atom. The number of methoxy groups -OCH3 is 1. The van der Waals surface area contributed by atoms with Gasteiger partial charge in [-0.05, 0) is 50.0 Å². The van der Waals surface area contributed by atoms with Crippen molar-refractivity contribution in [1.82, 2.24) is 9.62 Å². The van der Waals surface area contributed by atoms with Crippen LogP contribution in [0.25, 0.3) is 0 Å². The molecule has 0 radical (unpaired) electrons. The Hall–Kier alpha value is -1.67. The molecule has 1 atom stereocenters. The Labute approximate surface area is 152 Å². The molecule has 0 saturated heterocycles. The second-order valence-electron chi connectivity index (χ2n) is 5.68. The number of likely N-dealkylation sites (N-methyl/N-ethyl adjacent to an activating group) is 1. The first-order chi connectivity index (χ1) is 11.7. The number of ether oxygens (including phenoxy) is 1. The highest BCUT2D eigenvalue weighted by Gasteiger charge is 2.21. The summed E-state index contributed by atoms with van der Waals surface area (Å²) in [6.45, 7) is 0.0857. The van der Waals surface area contributed by atoms with Crippen LogP contribution in [0.3, 0.4) is 0 Å². The van der Waals surface area contributed by atoms with Crippen LogP contribution in [0.4, 0.5) is 4.39 Å². The van der Waals surface area contributed by atoms with E-state index in [-0.39, 0.29) is 28.3 Å². The zero-order valence-electron chi connectivity index (χ0n) is 14.2. The molecular formula is C17H20ClFN2O3S. The molecule has 0 aromatic heterocycles. The lowest BCUT2D eigenvalue weighted by Crippen LogP contribution is -2.34. The zero-order chi connectivity index (χ0) is 18.6. The molecule has 8 heteroatoms. The molecule has 2 aromatic rings. The van der Waals surface area contributed by atoms with Gasteiger partial charge in [-0.2, -0.15) is 0 Å². The molecule has 2 aromatic carbocycles. The maximum absolute atomic E-state index is 13.5. The van der Waals surface area contributed by atoms with Crippen molar-refractivity contribution >= 4 is 21.6 Å². The smallest absolute Gasteiger partial charge is 0.240 e. The molecular weight excluding hydrogens is 367 g/mol. The Bertz CT molecular complexity index is 844. The summed E-state index contributed by atoms with van der Waals surface area (Å²) in [5.74, 6) is 0.0284. The van der Waals surface area contributed by atoms with Crippen LogP contribution in [0.2, 0.25) is 5.02 Å². The third kappa shape index (κ3) is 4.92. The number of hydrogen-bond acceptors (Lipinski definition) is 4. The predicted octanol–water partition coefficient (Wildman–Crippen LogP) is 3.07. The molecule has 25 heavy (non-hydrogen) atoms. The molecule has 0 spiro atoms. The maximum atomic E-state index is 13.5. The van der Waals surface area contributed by atoms with Crippen LogP contribution in [0.15, 0.2) is 47.4 Å². The van der Waals surface area contributed by atoms with Crippen molar-refractivity contribution in [3.8, 4) is 5.75 Å². The van der Waals surface area contributed by atoms with E-state index in [0.29, 0.717) is 11.3 Å². The van der Waals surface area contributed by atoms with Gasteiger partial charge >= 0.3 is 0 Å². The van der Waals surface area contributed by atoms with E-state index in [1.807, 2.05) is 4.90 Å². The lowest BCUT2D eigenvalue weighted by molar-refractivity contribution is 0.299. The van der Waals surface area contributed by atoms with Gasteiger partial charge in [0.15, 0.2) is 0 Å². The molecule has 0 aliphatic rings. The average molecular weight is 387 g/mol. The van der Waals surface area contributed by atoms with Gasteiger partial charge in [0.25, 0.3) is 0 Å². The van der Waals surface area contributed by atoms with Crippen LogP contribution in [0.5, 0.6) is 5.75 Å². The third-order valence-electron chi connectivity index (χ3n) is 3.76. The van der Waals surface area contributed by atoms with Gasteiger partial charge in [0.05, 0.1) is 17.0 Å². The SMILES string of the molecule is COc1ccc(S(=O)(=O)NCC(c2cccc(F)c2)N(C)C)cc1Cl. The summed E-state index contributed by atoms with van der Waals surface area (Å²) < 4.78 is 46.0. The zero-order valence-corrected chi connectivity index (χ0v) is 15.7. The van der Waals surface area contributed by atoms with E-state index < -0.39 is 10.0 Å². The van der Waals surface area contributed by atoms with E-state index in [0.717, 1.165) is 0 Å². The van der Waals surface area contributed by atoms with Crippen LogP contribution in [0, 0.1) is 5.82 Å². The van der Waals surface area contributed by atoms with Crippen LogP contribution < -0.4 is 9.46 Å². The molecule has 5 nitrogen and oxygen atoms in total. The van der Waals surface area contributed by atoms with Crippen molar-refractivity contribution in [3.63, 3.8) is 0 Å². The molecule has 0 aliphatic heterocycles. The van der Waals surface area contributed by atoms with E-state index in [1.54, 1.807) is 26.2 Å². The number of benzene rings is 2. The summed E-state index contributed by atoms with van der Waals surface area (Å²) in [4.78, 5) is 1.85. The predicted molar refractivity (Wildman–Crippen MR) is 96.0 cm³/mol. The Morgan fingerprint density at radius 2 is 1.96 bits per heavy atom. The minimum atomic E-state index is -3.76.